The average molecular weight is 319 g/mol. The fraction of sp³-hybridized carbons (Fsp3) is 0.562. The summed E-state index contributed by atoms with van der Waals surface area (Å²) in [6.07, 6.45) is 8.45. The molecule has 19 heavy (non-hydrogen) atoms. The third-order valence-corrected chi connectivity index (χ3v) is 5.27. The molecule has 2 aliphatic rings. The summed E-state index contributed by atoms with van der Waals surface area (Å²) in [5.41, 5.74) is 2.55. The van der Waals surface area contributed by atoms with E-state index in [4.69, 9.17) is 5.26 Å². The lowest BCUT2D eigenvalue weighted by Crippen LogP contribution is -2.56. The molecule has 0 atom stereocenters. The van der Waals surface area contributed by atoms with Crippen molar-refractivity contribution in [1.82, 2.24) is 0 Å². The Kier molecular flexibility index (Phi) is 3.54. The monoisotopic (exact) mass is 318 g/mol. The molecule has 1 heterocycles. The van der Waals surface area contributed by atoms with Crippen LogP contribution in [0.5, 0.6) is 0 Å². The number of nitriles is 1. The van der Waals surface area contributed by atoms with Gasteiger partial charge in [0.25, 0.3) is 0 Å². The topological polar surface area (TPSA) is 27.0 Å². The number of rotatable bonds is 1. The van der Waals surface area contributed by atoms with Gasteiger partial charge in [0, 0.05) is 23.0 Å². The smallest absolute Gasteiger partial charge is 0.0992 e. The van der Waals surface area contributed by atoms with E-state index in [-0.39, 0.29) is 0 Å². The second kappa shape index (κ2) is 5.17. The summed E-state index contributed by atoms with van der Waals surface area (Å²) in [7, 11) is 0. The molecule has 2 nitrogen and oxygen atoms in total. The average Bonchev–Trinajstić information content (AvgIpc) is 2.63. The molecule has 0 bridgehead atoms. The van der Waals surface area contributed by atoms with Gasteiger partial charge in [-0.25, -0.2) is 0 Å². The van der Waals surface area contributed by atoms with Crippen LogP contribution in [0.25, 0.3) is 0 Å². The molecule has 1 aliphatic heterocycles. The van der Waals surface area contributed by atoms with Crippen LogP contribution in [-0.2, 0) is 0 Å². The van der Waals surface area contributed by atoms with Gasteiger partial charge in [-0.05, 0) is 47.0 Å². The van der Waals surface area contributed by atoms with Gasteiger partial charge < -0.3 is 4.90 Å². The van der Waals surface area contributed by atoms with Crippen molar-refractivity contribution >= 4 is 21.6 Å². The quantitative estimate of drug-likeness (QED) is 0.763. The van der Waals surface area contributed by atoms with E-state index in [2.05, 4.69) is 33.0 Å². The lowest BCUT2D eigenvalue weighted by molar-refractivity contribution is 0.180. The summed E-state index contributed by atoms with van der Waals surface area (Å²) in [4.78, 5) is 2.45. The van der Waals surface area contributed by atoms with Crippen LogP contribution in [0.3, 0.4) is 0 Å². The standard InChI is InChI=1S/C16H19BrN2/c17-14-9-13(10-18)5-6-15(14)19-11-16(12-19)7-3-1-2-4-8-16/h5-6,9H,1-4,7-8,11-12H2. The zero-order valence-corrected chi connectivity index (χ0v) is 12.7. The van der Waals surface area contributed by atoms with Gasteiger partial charge in [0.1, 0.15) is 0 Å². The van der Waals surface area contributed by atoms with Crippen LogP contribution < -0.4 is 4.90 Å². The minimum atomic E-state index is 0.587. The first-order valence-electron chi connectivity index (χ1n) is 7.17. The predicted molar refractivity (Wildman–Crippen MR) is 81.2 cm³/mol. The van der Waals surface area contributed by atoms with Crippen molar-refractivity contribution in [3.63, 3.8) is 0 Å². The third-order valence-electron chi connectivity index (χ3n) is 4.63. The Morgan fingerprint density at radius 2 is 1.79 bits per heavy atom. The highest BCUT2D eigenvalue weighted by atomic mass is 79.9. The van der Waals surface area contributed by atoms with E-state index in [1.807, 2.05) is 12.1 Å². The van der Waals surface area contributed by atoms with Crippen molar-refractivity contribution in [2.45, 2.75) is 38.5 Å². The molecule has 1 aromatic rings. The van der Waals surface area contributed by atoms with Gasteiger partial charge in [0.15, 0.2) is 0 Å². The predicted octanol–water partition coefficient (Wildman–Crippen LogP) is 4.48. The second-order valence-corrected chi connectivity index (χ2v) is 6.90. The molecule has 1 spiro atoms. The third kappa shape index (κ3) is 2.51. The van der Waals surface area contributed by atoms with Crippen LogP contribution in [0.15, 0.2) is 22.7 Å². The Balaban J connectivity index is 1.71. The van der Waals surface area contributed by atoms with Gasteiger partial charge in [-0.3, -0.25) is 0 Å². The number of halogens is 1. The van der Waals surface area contributed by atoms with Gasteiger partial charge in [0.2, 0.25) is 0 Å². The molecule has 2 fully saturated rings. The van der Waals surface area contributed by atoms with Crippen LogP contribution >= 0.6 is 15.9 Å². The fourth-order valence-electron chi connectivity index (χ4n) is 3.56. The molecular formula is C16H19BrN2. The van der Waals surface area contributed by atoms with E-state index >= 15 is 0 Å². The van der Waals surface area contributed by atoms with Crippen LogP contribution in [0.2, 0.25) is 0 Å². The number of nitrogens with zero attached hydrogens (tertiary/aromatic N) is 2. The van der Waals surface area contributed by atoms with E-state index in [0.29, 0.717) is 5.41 Å². The zero-order valence-electron chi connectivity index (χ0n) is 11.2. The van der Waals surface area contributed by atoms with Crippen molar-refractivity contribution in [2.75, 3.05) is 18.0 Å². The molecule has 1 aliphatic carbocycles. The van der Waals surface area contributed by atoms with Crippen molar-refractivity contribution in [2.24, 2.45) is 5.41 Å². The number of hydrogen-bond acceptors (Lipinski definition) is 2. The maximum Gasteiger partial charge on any atom is 0.0992 e. The van der Waals surface area contributed by atoms with Crippen LogP contribution in [0.4, 0.5) is 5.69 Å². The molecule has 0 unspecified atom stereocenters. The highest BCUT2D eigenvalue weighted by molar-refractivity contribution is 9.10. The van der Waals surface area contributed by atoms with Gasteiger partial charge >= 0.3 is 0 Å². The van der Waals surface area contributed by atoms with E-state index in [9.17, 15) is 0 Å². The molecule has 0 aromatic heterocycles. The van der Waals surface area contributed by atoms with E-state index in [1.165, 1.54) is 57.3 Å². The number of benzene rings is 1. The largest absolute Gasteiger partial charge is 0.369 e. The summed E-state index contributed by atoms with van der Waals surface area (Å²) in [6, 6.07) is 8.10. The Morgan fingerprint density at radius 1 is 1.11 bits per heavy atom. The van der Waals surface area contributed by atoms with Crippen LogP contribution in [0, 0.1) is 16.7 Å². The van der Waals surface area contributed by atoms with Crippen molar-refractivity contribution < 1.29 is 0 Å². The number of anilines is 1. The lowest BCUT2D eigenvalue weighted by Gasteiger charge is -2.52. The van der Waals surface area contributed by atoms with Crippen molar-refractivity contribution in [1.29, 1.82) is 5.26 Å². The maximum absolute atomic E-state index is 8.91. The lowest BCUT2D eigenvalue weighted by atomic mass is 9.73. The fourth-order valence-corrected chi connectivity index (χ4v) is 4.19. The summed E-state index contributed by atoms with van der Waals surface area (Å²) < 4.78 is 1.05. The minimum Gasteiger partial charge on any atom is -0.369 e. The second-order valence-electron chi connectivity index (χ2n) is 6.05. The molecule has 0 N–H and O–H groups in total. The molecule has 3 rings (SSSR count). The summed E-state index contributed by atoms with van der Waals surface area (Å²) in [5, 5.41) is 8.91. The molecular weight excluding hydrogens is 300 g/mol. The van der Waals surface area contributed by atoms with Gasteiger partial charge in [0.05, 0.1) is 17.3 Å². The van der Waals surface area contributed by atoms with E-state index in [0.717, 1.165) is 10.0 Å². The van der Waals surface area contributed by atoms with Crippen LogP contribution in [-0.4, -0.2) is 13.1 Å². The van der Waals surface area contributed by atoms with Crippen molar-refractivity contribution in [3.8, 4) is 6.07 Å². The normalized spacial score (nSPS) is 21.6. The minimum absolute atomic E-state index is 0.587. The maximum atomic E-state index is 8.91. The summed E-state index contributed by atoms with van der Waals surface area (Å²) in [5.74, 6) is 0. The first kappa shape index (κ1) is 13.0. The molecule has 3 heteroatoms. The molecule has 1 saturated heterocycles. The summed E-state index contributed by atoms with van der Waals surface area (Å²) >= 11 is 3.60. The molecule has 0 amide bonds. The molecule has 100 valence electrons. The Hall–Kier alpha value is -1.01. The number of hydrogen-bond donors (Lipinski definition) is 0. The Bertz CT molecular complexity index is 502. The molecule has 0 radical (unpaired) electrons. The summed E-state index contributed by atoms with van der Waals surface area (Å²) in [6.45, 7) is 2.38. The highest BCUT2D eigenvalue weighted by Crippen LogP contribution is 2.45. The van der Waals surface area contributed by atoms with Gasteiger partial charge in [-0.1, -0.05) is 25.7 Å². The first-order valence-corrected chi connectivity index (χ1v) is 7.96. The van der Waals surface area contributed by atoms with Crippen molar-refractivity contribution in [3.05, 3.63) is 28.2 Å². The Morgan fingerprint density at radius 3 is 2.37 bits per heavy atom. The van der Waals surface area contributed by atoms with E-state index < -0.39 is 0 Å². The Labute approximate surface area is 123 Å². The van der Waals surface area contributed by atoms with Gasteiger partial charge in [-0.15, -0.1) is 0 Å². The SMILES string of the molecule is N#Cc1ccc(N2CC3(CCCCCC3)C2)c(Br)c1. The zero-order chi connectivity index (χ0) is 13.3. The van der Waals surface area contributed by atoms with E-state index in [1.54, 1.807) is 0 Å². The first-order chi connectivity index (χ1) is 9.22. The molecule has 1 aromatic carbocycles. The van der Waals surface area contributed by atoms with Gasteiger partial charge in [-0.2, -0.15) is 5.26 Å². The molecule has 1 saturated carbocycles. The van der Waals surface area contributed by atoms with Crippen LogP contribution in [0.1, 0.15) is 44.1 Å². The highest BCUT2D eigenvalue weighted by Gasteiger charge is 2.42.